The molecule has 0 amide bonds. The van der Waals surface area contributed by atoms with E-state index in [0.29, 0.717) is 0 Å². The van der Waals surface area contributed by atoms with Gasteiger partial charge < -0.3 is 19.7 Å². The van der Waals surface area contributed by atoms with Gasteiger partial charge in [0.2, 0.25) is 6.29 Å². The van der Waals surface area contributed by atoms with Crippen molar-refractivity contribution >= 4 is 11.9 Å². The van der Waals surface area contributed by atoms with Crippen molar-refractivity contribution in [1.29, 1.82) is 0 Å². The number of carbonyl (C=O) groups is 2. The lowest BCUT2D eigenvalue weighted by atomic mass is 10.6. The van der Waals surface area contributed by atoms with E-state index in [1.807, 2.05) is 0 Å². The van der Waals surface area contributed by atoms with E-state index in [1.165, 1.54) is 6.92 Å². The van der Waals surface area contributed by atoms with Gasteiger partial charge in [0.15, 0.2) is 0 Å². The average molecular weight is 178 g/mol. The third kappa shape index (κ3) is 4.64. The normalized spacial score (nSPS) is 9.67. The first kappa shape index (κ1) is 10.9. The summed E-state index contributed by atoms with van der Waals surface area (Å²) in [5, 5.41) is 16.4. The molecule has 0 aliphatic rings. The Hall–Kier alpha value is -1.14. The molecule has 0 aliphatic carbocycles. The maximum Gasteiger partial charge on any atom is 0.334 e. The molecule has 0 unspecified atom stereocenters. The minimum Gasteiger partial charge on any atom is -0.424 e. The molecule has 0 aliphatic heterocycles. The predicted molar refractivity (Wildman–Crippen MR) is 35.8 cm³/mol. The van der Waals surface area contributed by atoms with Crippen LogP contribution in [0.2, 0.25) is 0 Å². The summed E-state index contributed by atoms with van der Waals surface area (Å²) in [4.78, 5) is 20.7. The van der Waals surface area contributed by atoms with Gasteiger partial charge in [-0.1, -0.05) is 0 Å². The summed E-state index contributed by atoms with van der Waals surface area (Å²) in [6.45, 7) is -0.261. The van der Waals surface area contributed by atoms with Gasteiger partial charge in [-0.25, -0.2) is 9.59 Å². The van der Waals surface area contributed by atoms with Crippen molar-refractivity contribution in [2.45, 2.75) is 13.2 Å². The fourth-order valence-electron chi connectivity index (χ4n) is 0.469. The number of hydrogen-bond acceptors (Lipinski definition) is 6. The predicted octanol–water partition coefficient (Wildman–Crippen LogP) is -1.60. The van der Waals surface area contributed by atoms with E-state index in [0.717, 1.165) is 0 Å². The standard InChI is InChI=1S/C6H10O6/c1-4(11-5(9)2-7)12-6(10)3-8/h4,7-8H,2-3H2,1H3. The first-order valence-corrected chi connectivity index (χ1v) is 3.20. The molecule has 0 rings (SSSR count). The summed E-state index contributed by atoms with van der Waals surface area (Å²) in [5.74, 6) is -1.79. The molecule has 0 heterocycles. The molecule has 0 aromatic heterocycles. The first-order valence-electron chi connectivity index (χ1n) is 3.20. The summed E-state index contributed by atoms with van der Waals surface area (Å²) in [6, 6.07) is 0. The summed E-state index contributed by atoms with van der Waals surface area (Å²) in [6.07, 6.45) is -1.09. The number of rotatable bonds is 4. The van der Waals surface area contributed by atoms with Gasteiger partial charge in [-0.2, -0.15) is 0 Å². The molecule has 6 heteroatoms. The third-order valence-electron chi connectivity index (χ3n) is 0.853. The van der Waals surface area contributed by atoms with E-state index < -0.39 is 31.4 Å². The van der Waals surface area contributed by atoms with Gasteiger partial charge in [0, 0.05) is 6.92 Å². The zero-order valence-corrected chi connectivity index (χ0v) is 6.52. The van der Waals surface area contributed by atoms with Gasteiger partial charge in [-0.05, 0) is 0 Å². The zero-order valence-electron chi connectivity index (χ0n) is 6.52. The molecular weight excluding hydrogens is 168 g/mol. The molecule has 0 bridgehead atoms. The highest BCUT2D eigenvalue weighted by Crippen LogP contribution is 1.94. The van der Waals surface area contributed by atoms with Crippen LogP contribution in [0, 0.1) is 0 Å². The van der Waals surface area contributed by atoms with Gasteiger partial charge in [-0.15, -0.1) is 0 Å². The minimum atomic E-state index is -1.09. The third-order valence-corrected chi connectivity index (χ3v) is 0.853. The molecule has 0 radical (unpaired) electrons. The molecule has 0 fully saturated rings. The number of esters is 2. The van der Waals surface area contributed by atoms with E-state index >= 15 is 0 Å². The largest absolute Gasteiger partial charge is 0.424 e. The van der Waals surface area contributed by atoms with Crippen LogP contribution in [-0.2, 0) is 19.1 Å². The molecule has 0 spiro atoms. The van der Waals surface area contributed by atoms with Crippen molar-refractivity contribution in [2.24, 2.45) is 0 Å². The van der Waals surface area contributed by atoms with Crippen LogP contribution in [0.1, 0.15) is 6.92 Å². The highest BCUT2D eigenvalue weighted by atomic mass is 16.7. The molecule has 6 nitrogen and oxygen atoms in total. The van der Waals surface area contributed by atoms with Gasteiger partial charge >= 0.3 is 11.9 Å². The SMILES string of the molecule is CC(OC(=O)CO)OC(=O)CO. The smallest absolute Gasteiger partial charge is 0.334 e. The number of aliphatic hydroxyl groups is 2. The summed E-state index contributed by atoms with van der Waals surface area (Å²) < 4.78 is 8.66. The van der Waals surface area contributed by atoms with Gasteiger partial charge in [0.05, 0.1) is 0 Å². The lowest BCUT2D eigenvalue weighted by molar-refractivity contribution is -0.188. The van der Waals surface area contributed by atoms with E-state index in [2.05, 4.69) is 9.47 Å². The van der Waals surface area contributed by atoms with Gasteiger partial charge in [0.25, 0.3) is 0 Å². The molecule has 0 saturated heterocycles. The van der Waals surface area contributed by atoms with Crippen molar-refractivity contribution in [3.63, 3.8) is 0 Å². The van der Waals surface area contributed by atoms with Crippen molar-refractivity contribution in [3.05, 3.63) is 0 Å². The van der Waals surface area contributed by atoms with Crippen LogP contribution in [-0.4, -0.2) is 41.7 Å². The molecule has 12 heavy (non-hydrogen) atoms. The Morgan fingerprint density at radius 1 is 1.17 bits per heavy atom. The fourth-order valence-corrected chi connectivity index (χ4v) is 0.469. The Morgan fingerprint density at radius 3 is 1.75 bits per heavy atom. The Morgan fingerprint density at radius 2 is 1.50 bits per heavy atom. The summed E-state index contributed by atoms with van der Waals surface area (Å²) in [7, 11) is 0. The van der Waals surface area contributed by atoms with Crippen LogP contribution in [0.5, 0.6) is 0 Å². The number of ether oxygens (including phenoxy) is 2. The number of carbonyl (C=O) groups excluding carboxylic acids is 2. The molecule has 0 saturated carbocycles. The Bertz CT molecular complexity index is 147. The molecule has 0 aromatic rings. The Balaban J connectivity index is 3.66. The van der Waals surface area contributed by atoms with E-state index in [4.69, 9.17) is 10.2 Å². The maximum absolute atomic E-state index is 10.4. The van der Waals surface area contributed by atoms with Crippen molar-refractivity contribution in [1.82, 2.24) is 0 Å². The molecule has 2 N–H and O–H groups in total. The lowest BCUT2D eigenvalue weighted by Crippen LogP contribution is -2.24. The Kier molecular flexibility index (Phi) is 4.98. The summed E-state index contributed by atoms with van der Waals surface area (Å²) >= 11 is 0. The van der Waals surface area contributed by atoms with Crippen LogP contribution in [0.4, 0.5) is 0 Å². The highest BCUT2D eigenvalue weighted by Gasteiger charge is 2.11. The molecular formula is C6H10O6. The fraction of sp³-hybridized carbons (Fsp3) is 0.667. The van der Waals surface area contributed by atoms with Crippen LogP contribution < -0.4 is 0 Å². The monoisotopic (exact) mass is 178 g/mol. The van der Waals surface area contributed by atoms with E-state index in [1.54, 1.807) is 0 Å². The van der Waals surface area contributed by atoms with E-state index in [-0.39, 0.29) is 0 Å². The first-order chi connectivity index (χ1) is 5.60. The lowest BCUT2D eigenvalue weighted by Gasteiger charge is -2.11. The number of aliphatic hydroxyl groups excluding tert-OH is 2. The van der Waals surface area contributed by atoms with Gasteiger partial charge in [0.1, 0.15) is 13.2 Å². The van der Waals surface area contributed by atoms with Gasteiger partial charge in [-0.3, -0.25) is 0 Å². The topological polar surface area (TPSA) is 93.1 Å². The minimum absolute atomic E-state index is 0.777. The Labute approximate surface area is 68.7 Å². The second kappa shape index (κ2) is 5.50. The second-order valence-corrected chi connectivity index (χ2v) is 1.86. The van der Waals surface area contributed by atoms with Crippen LogP contribution in [0.3, 0.4) is 0 Å². The second-order valence-electron chi connectivity index (χ2n) is 1.86. The maximum atomic E-state index is 10.4. The summed E-state index contributed by atoms with van der Waals surface area (Å²) in [5.41, 5.74) is 0. The van der Waals surface area contributed by atoms with Crippen molar-refractivity contribution in [2.75, 3.05) is 13.2 Å². The molecule has 0 aromatic carbocycles. The number of hydrogen-bond donors (Lipinski definition) is 2. The van der Waals surface area contributed by atoms with Crippen molar-refractivity contribution in [3.8, 4) is 0 Å². The zero-order chi connectivity index (χ0) is 9.56. The molecule has 0 atom stereocenters. The van der Waals surface area contributed by atoms with Crippen LogP contribution in [0.25, 0.3) is 0 Å². The molecule has 70 valence electrons. The highest BCUT2D eigenvalue weighted by molar-refractivity contribution is 5.72. The average Bonchev–Trinajstić information content (AvgIpc) is 2.03. The van der Waals surface area contributed by atoms with Crippen LogP contribution >= 0.6 is 0 Å². The van der Waals surface area contributed by atoms with Crippen LogP contribution in [0.15, 0.2) is 0 Å². The quantitative estimate of drug-likeness (QED) is 0.398. The van der Waals surface area contributed by atoms with Crippen molar-refractivity contribution < 1.29 is 29.3 Å². The van der Waals surface area contributed by atoms with E-state index in [9.17, 15) is 9.59 Å².